The predicted molar refractivity (Wildman–Crippen MR) is 159 cm³/mol. The van der Waals surface area contributed by atoms with Crippen LogP contribution in [-0.2, 0) is 23.7 Å². The van der Waals surface area contributed by atoms with Gasteiger partial charge in [0.2, 0.25) is 0 Å². The molecule has 5 aliphatic heterocycles. The molecule has 8 bridgehead atoms. The molecule has 0 spiro atoms. The first-order valence-electron chi connectivity index (χ1n) is 13.1. The average Bonchev–Trinajstić information content (AvgIpc) is 3.78. The molecule has 0 aliphatic carbocycles. The van der Waals surface area contributed by atoms with E-state index in [9.17, 15) is 0 Å². The Balaban J connectivity index is 0.00000131. The third-order valence-electron chi connectivity index (χ3n) is 7.33. The summed E-state index contributed by atoms with van der Waals surface area (Å²) in [6.45, 7) is 0. The molecule has 0 radical (unpaired) electrons. The van der Waals surface area contributed by atoms with Crippen molar-refractivity contribution in [3.05, 3.63) is 142 Å². The molecular weight excluding hydrogens is 560 g/mol. The van der Waals surface area contributed by atoms with E-state index >= 15 is 0 Å². The maximum atomic E-state index is 8.25. The van der Waals surface area contributed by atoms with Gasteiger partial charge in [-0.1, -0.05) is 97.1 Å². The predicted octanol–water partition coefficient (Wildman–Crippen LogP) is 4.71. The summed E-state index contributed by atoms with van der Waals surface area (Å²) in [5.41, 5.74) is 7.15. The number of nitrogens with zero attached hydrogens (tertiary/aromatic N) is 8. The molecule has 10 heteroatoms. The zero-order valence-electron chi connectivity index (χ0n) is 21.7. The minimum Gasteiger partial charge on any atom is -0.208 e. The number of fused-ring (bicyclic) bond motifs is 16. The molecule has 0 amide bonds. The molecule has 0 saturated carbocycles. The van der Waals surface area contributed by atoms with E-state index < -0.39 is 0 Å². The summed E-state index contributed by atoms with van der Waals surface area (Å²) in [4.78, 5) is 39.3. The molecular formula is C32H16N8OTi. The van der Waals surface area contributed by atoms with Gasteiger partial charge in [0, 0.05) is 44.5 Å². The molecule has 42 heavy (non-hydrogen) atoms. The van der Waals surface area contributed by atoms with Gasteiger partial charge in [0.15, 0.2) is 46.7 Å². The van der Waals surface area contributed by atoms with Crippen LogP contribution in [0.3, 0.4) is 0 Å². The van der Waals surface area contributed by atoms with Crippen LogP contribution in [0.25, 0.3) is 0 Å². The van der Waals surface area contributed by atoms with Crippen LogP contribution in [0.2, 0.25) is 0 Å². The monoisotopic (exact) mass is 576 g/mol. The molecule has 0 aromatic heterocycles. The van der Waals surface area contributed by atoms with E-state index in [1.807, 2.05) is 97.1 Å². The number of amidine groups is 8. The zero-order chi connectivity index (χ0) is 28.2. The molecule has 0 unspecified atom stereocenters. The first-order chi connectivity index (χ1) is 20.8. The van der Waals surface area contributed by atoms with Crippen LogP contribution in [0.4, 0.5) is 0 Å². The summed E-state index contributed by atoms with van der Waals surface area (Å²) >= 11 is 0.750. The van der Waals surface area contributed by atoms with E-state index in [-0.39, 0.29) is 0 Å². The van der Waals surface area contributed by atoms with Crippen LogP contribution in [0.5, 0.6) is 0 Å². The average molecular weight is 576 g/mol. The summed E-state index contributed by atoms with van der Waals surface area (Å²) < 4.78 is 8.25. The SMILES string of the molecule is [O]=[Ti].c1ccc2c(c1)C1=NC2=NC2=NC(=NC3=NC(=NC4=NC(=N1)c1ccccc14)c1ccccc13)c1ccccc12. The molecule has 9 rings (SSSR count). The molecule has 5 heterocycles. The summed E-state index contributed by atoms with van der Waals surface area (Å²) in [6.07, 6.45) is 0. The molecule has 9 nitrogen and oxygen atoms in total. The molecule has 0 fully saturated rings. The largest absolute Gasteiger partial charge is 0.208 e. The molecule has 0 atom stereocenters. The quantitative estimate of drug-likeness (QED) is 0.277. The van der Waals surface area contributed by atoms with Gasteiger partial charge in [-0.25, -0.2) is 39.9 Å². The van der Waals surface area contributed by atoms with Crippen LogP contribution in [0.15, 0.2) is 137 Å². The van der Waals surface area contributed by atoms with Gasteiger partial charge >= 0.3 is 23.7 Å². The van der Waals surface area contributed by atoms with Crippen molar-refractivity contribution in [2.24, 2.45) is 39.9 Å². The Hall–Kier alpha value is -5.25. The van der Waals surface area contributed by atoms with E-state index in [1.54, 1.807) is 0 Å². The normalized spacial score (nSPS) is 16.5. The minimum absolute atomic E-state index is 0.552. The Labute approximate surface area is 251 Å². The fourth-order valence-electron chi connectivity index (χ4n) is 5.46. The Morgan fingerprint density at radius 1 is 0.262 bits per heavy atom. The topological polar surface area (TPSA) is 116 Å². The maximum Gasteiger partial charge on any atom is 0.164 e. The van der Waals surface area contributed by atoms with Crippen molar-refractivity contribution < 1.29 is 23.7 Å². The van der Waals surface area contributed by atoms with E-state index in [0.717, 1.165) is 64.9 Å². The standard InChI is InChI=1S/C32H16N8.O.Ti/c1-2-10-18-17(9-1)25-33-26(18)38-28-21-13-5-6-14-22(21)30(35-28)40-32-24-16-8-7-15-23(24)31(36-32)39-29-20-12-4-3-11-19(20)27(34-29)37-25;;/h1-16H;;. The van der Waals surface area contributed by atoms with Crippen molar-refractivity contribution in [2.75, 3.05) is 0 Å². The van der Waals surface area contributed by atoms with Gasteiger partial charge in [-0.2, -0.15) is 0 Å². The second-order valence-corrected chi connectivity index (χ2v) is 9.67. The van der Waals surface area contributed by atoms with Crippen molar-refractivity contribution in [3.63, 3.8) is 0 Å². The van der Waals surface area contributed by atoms with Gasteiger partial charge in [0.05, 0.1) is 0 Å². The fraction of sp³-hybridized carbons (Fsp3) is 0. The van der Waals surface area contributed by atoms with E-state index in [2.05, 4.69) is 0 Å². The van der Waals surface area contributed by atoms with Crippen LogP contribution in [-0.4, -0.2) is 46.7 Å². The molecule has 4 aromatic carbocycles. The molecule has 0 saturated heterocycles. The number of aliphatic imine (C=N–C) groups is 8. The summed E-state index contributed by atoms with van der Waals surface area (Å²) in [6, 6.07) is 31.8. The zero-order valence-corrected chi connectivity index (χ0v) is 23.3. The third kappa shape index (κ3) is 3.75. The summed E-state index contributed by atoms with van der Waals surface area (Å²) in [5.74, 6) is 4.42. The summed E-state index contributed by atoms with van der Waals surface area (Å²) in [7, 11) is 0. The molecule has 0 N–H and O–H groups in total. The van der Waals surface area contributed by atoms with Gasteiger partial charge in [-0.05, 0) is 0 Å². The van der Waals surface area contributed by atoms with E-state index in [0.29, 0.717) is 46.7 Å². The van der Waals surface area contributed by atoms with Gasteiger partial charge in [0.1, 0.15) is 0 Å². The first kappa shape index (κ1) is 24.5. The van der Waals surface area contributed by atoms with Crippen molar-refractivity contribution >= 4 is 46.7 Å². The second-order valence-electron chi connectivity index (χ2n) is 9.67. The minimum atomic E-state index is 0.552. The molecule has 194 valence electrons. The van der Waals surface area contributed by atoms with Crippen LogP contribution < -0.4 is 0 Å². The smallest absolute Gasteiger partial charge is 0.164 e. The van der Waals surface area contributed by atoms with E-state index in [4.69, 9.17) is 43.3 Å². The van der Waals surface area contributed by atoms with Crippen LogP contribution >= 0.6 is 0 Å². The Bertz CT molecular complexity index is 1820. The van der Waals surface area contributed by atoms with Gasteiger partial charge in [-0.15, -0.1) is 0 Å². The van der Waals surface area contributed by atoms with Gasteiger partial charge in [0.25, 0.3) is 0 Å². The molecule has 4 aromatic rings. The van der Waals surface area contributed by atoms with Crippen LogP contribution in [0.1, 0.15) is 44.5 Å². The van der Waals surface area contributed by atoms with Crippen molar-refractivity contribution in [1.82, 2.24) is 0 Å². The maximum absolute atomic E-state index is 8.25. The van der Waals surface area contributed by atoms with Gasteiger partial charge in [-0.3, -0.25) is 0 Å². The molecule has 5 aliphatic rings. The van der Waals surface area contributed by atoms with Crippen molar-refractivity contribution in [2.45, 2.75) is 0 Å². The Kier molecular flexibility index (Phi) is 5.66. The third-order valence-corrected chi connectivity index (χ3v) is 7.33. The van der Waals surface area contributed by atoms with E-state index in [1.165, 1.54) is 0 Å². The number of benzene rings is 4. The summed E-state index contributed by atoms with van der Waals surface area (Å²) in [5, 5.41) is 0. The fourth-order valence-corrected chi connectivity index (χ4v) is 5.46. The first-order valence-corrected chi connectivity index (χ1v) is 13.7. The Morgan fingerprint density at radius 3 is 0.500 bits per heavy atom. The number of hydrogen-bond donors (Lipinski definition) is 0. The van der Waals surface area contributed by atoms with Crippen molar-refractivity contribution in [1.29, 1.82) is 0 Å². The van der Waals surface area contributed by atoms with Crippen LogP contribution in [0, 0.1) is 0 Å². The van der Waals surface area contributed by atoms with Gasteiger partial charge < -0.3 is 0 Å². The van der Waals surface area contributed by atoms with Crippen molar-refractivity contribution in [3.8, 4) is 0 Å². The Morgan fingerprint density at radius 2 is 0.381 bits per heavy atom. The second kappa shape index (κ2) is 9.69. The number of hydrogen-bond acceptors (Lipinski definition) is 9. The number of rotatable bonds is 0.